The Bertz CT molecular complexity index is 1260. The van der Waals surface area contributed by atoms with E-state index in [9.17, 15) is 14.9 Å². The van der Waals surface area contributed by atoms with E-state index in [2.05, 4.69) is 10.3 Å². The van der Waals surface area contributed by atoms with Gasteiger partial charge in [-0.15, -0.1) is 0 Å². The van der Waals surface area contributed by atoms with Crippen LogP contribution in [0.2, 0.25) is 5.02 Å². The number of anilines is 1. The van der Waals surface area contributed by atoms with Gasteiger partial charge in [-0.05, 0) is 67.4 Å². The second kappa shape index (κ2) is 7.61. The predicted molar refractivity (Wildman–Crippen MR) is 115 cm³/mol. The summed E-state index contributed by atoms with van der Waals surface area (Å²) < 4.78 is 5.86. The van der Waals surface area contributed by atoms with Gasteiger partial charge in [-0.1, -0.05) is 11.6 Å². The molecule has 30 heavy (non-hydrogen) atoms. The summed E-state index contributed by atoms with van der Waals surface area (Å²) in [5.41, 5.74) is 5.07. The van der Waals surface area contributed by atoms with Crippen LogP contribution in [0, 0.1) is 24.0 Å². The Morgan fingerprint density at radius 1 is 1.07 bits per heavy atom. The van der Waals surface area contributed by atoms with Crippen LogP contribution in [0.1, 0.15) is 21.5 Å². The number of non-ortho nitro benzene ring substituents is 1. The number of carbonyl (C=O) groups is 1. The van der Waals surface area contributed by atoms with Crippen molar-refractivity contribution in [1.29, 1.82) is 0 Å². The number of benzene rings is 3. The van der Waals surface area contributed by atoms with Crippen LogP contribution < -0.4 is 5.32 Å². The van der Waals surface area contributed by atoms with Crippen molar-refractivity contribution in [2.45, 2.75) is 13.8 Å². The lowest BCUT2D eigenvalue weighted by Crippen LogP contribution is -2.12. The van der Waals surface area contributed by atoms with Crippen molar-refractivity contribution in [3.05, 3.63) is 86.4 Å². The smallest absolute Gasteiger partial charge is 0.270 e. The average Bonchev–Trinajstić information content (AvgIpc) is 3.11. The third-order valence-electron chi connectivity index (χ3n) is 4.80. The van der Waals surface area contributed by atoms with Gasteiger partial charge in [0.05, 0.1) is 15.5 Å². The summed E-state index contributed by atoms with van der Waals surface area (Å²) >= 11 is 6.01. The van der Waals surface area contributed by atoms with Crippen molar-refractivity contribution < 1.29 is 14.1 Å². The molecule has 1 N–H and O–H groups in total. The molecule has 0 radical (unpaired) electrons. The van der Waals surface area contributed by atoms with Gasteiger partial charge >= 0.3 is 0 Å². The van der Waals surface area contributed by atoms with Gasteiger partial charge in [0.25, 0.3) is 11.6 Å². The number of hydrogen-bond acceptors (Lipinski definition) is 5. The van der Waals surface area contributed by atoms with Crippen molar-refractivity contribution in [2.24, 2.45) is 0 Å². The number of hydrogen-bond donors (Lipinski definition) is 1. The van der Waals surface area contributed by atoms with Crippen LogP contribution >= 0.6 is 11.6 Å². The number of nitrogens with zero attached hydrogens (tertiary/aromatic N) is 2. The molecule has 0 bridgehead atoms. The summed E-state index contributed by atoms with van der Waals surface area (Å²) in [6.45, 7) is 4.05. The van der Waals surface area contributed by atoms with Gasteiger partial charge in [0.15, 0.2) is 5.58 Å². The quantitative estimate of drug-likeness (QED) is 0.325. The molecule has 4 aromatic rings. The molecule has 0 atom stereocenters. The van der Waals surface area contributed by atoms with Gasteiger partial charge in [0.2, 0.25) is 5.89 Å². The first-order valence-corrected chi connectivity index (χ1v) is 9.43. The maximum atomic E-state index is 12.5. The van der Waals surface area contributed by atoms with Gasteiger partial charge in [0.1, 0.15) is 5.52 Å². The van der Waals surface area contributed by atoms with Crippen LogP contribution in [0.3, 0.4) is 0 Å². The topological polar surface area (TPSA) is 98.3 Å². The maximum absolute atomic E-state index is 12.5. The van der Waals surface area contributed by atoms with Crippen molar-refractivity contribution in [2.75, 3.05) is 5.32 Å². The number of rotatable bonds is 4. The number of nitrogens with one attached hydrogen (secondary N) is 1. The number of aryl methyl sites for hydroxylation is 2. The first-order valence-electron chi connectivity index (χ1n) is 9.05. The molecule has 1 heterocycles. The minimum absolute atomic E-state index is 0.00961. The van der Waals surface area contributed by atoms with Crippen LogP contribution in [0.5, 0.6) is 0 Å². The van der Waals surface area contributed by atoms with E-state index in [-0.39, 0.29) is 16.3 Å². The van der Waals surface area contributed by atoms with Crippen LogP contribution in [0.25, 0.3) is 22.6 Å². The second-order valence-electron chi connectivity index (χ2n) is 6.88. The van der Waals surface area contributed by atoms with Crippen molar-refractivity contribution in [3.8, 4) is 11.5 Å². The fraction of sp³-hybridized carbons (Fsp3) is 0.0909. The standard InChI is InChI=1S/C22H16ClN3O4/c1-12-9-19-20(10-13(12)2)30-22(25-19)14-3-5-15(6-4-14)24-21(27)17-8-7-16(26(28)29)11-18(17)23/h3-11H,1-2H3,(H,24,27). The van der Waals surface area contributed by atoms with Gasteiger partial charge in [-0.25, -0.2) is 4.98 Å². The summed E-state index contributed by atoms with van der Waals surface area (Å²) in [4.78, 5) is 27.2. The summed E-state index contributed by atoms with van der Waals surface area (Å²) in [7, 11) is 0. The number of halogens is 1. The van der Waals surface area contributed by atoms with Crippen LogP contribution in [0.15, 0.2) is 59.0 Å². The lowest BCUT2D eigenvalue weighted by molar-refractivity contribution is -0.384. The van der Waals surface area contributed by atoms with Crippen molar-refractivity contribution in [1.82, 2.24) is 4.98 Å². The van der Waals surface area contributed by atoms with Crippen LogP contribution in [0.4, 0.5) is 11.4 Å². The number of aromatic nitrogens is 1. The number of oxazole rings is 1. The van der Waals surface area contributed by atoms with Gasteiger partial charge in [-0.2, -0.15) is 0 Å². The van der Waals surface area contributed by atoms with E-state index in [1.54, 1.807) is 24.3 Å². The Morgan fingerprint density at radius 3 is 2.43 bits per heavy atom. The van der Waals surface area contributed by atoms with E-state index < -0.39 is 10.8 Å². The highest BCUT2D eigenvalue weighted by Gasteiger charge is 2.15. The van der Waals surface area contributed by atoms with E-state index >= 15 is 0 Å². The molecule has 0 aliphatic carbocycles. The minimum Gasteiger partial charge on any atom is -0.436 e. The van der Waals surface area contributed by atoms with E-state index in [1.807, 2.05) is 26.0 Å². The Morgan fingerprint density at radius 2 is 1.77 bits per heavy atom. The number of carbonyl (C=O) groups excluding carboxylic acids is 1. The molecule has 1 aromatic heterocycles. The summed E-state index contributed by atoms with van der Waals surface area (Å²) in [6, 6.07) is 14.7. The van der Waals surface area contributed by atoms with Crippen LogP contribution in [-0.4, -0.2) is 15.8 Å². The molecule has 7 nitrogen and oxygen atoms in total. The zero-order chi connectivity index (χ0) is 21.4. The van der Waals surface area contributed by atoms with E-state index in [4.69, 9.17) is 16.0 Å². The molecule has 0 saturated carbocycles. The Labute approximate surface area is 176 Å². The molecular weight excluding hydrogens is 406 g/mol. The van der Waals surface area contributed by atoms with Gasteiger partial charge < -0.3 is 9.73 Å². The zero-order valence-electron chi connectivity index (χ0n) is 16.1. The molecule has 0 fully saturated rings. The van der Waals surface area contributed by atoms with E-state index in [0.717, 1.165) is 33.9 Å². The SMILES string of the molecule is Cc1cc2nc(-c3ccc(NC(=O)c4ccc([N+](=O)[O-])cc4Cl)cc3)oc2cc1C. The van der Waals surface area contributed by atoms with Crippen molar-refractivity contribution in [3.63, 3.8) is 0 Å². The molecule has 1 amide bonds. The molecule has 0 aliphatic rings. The highest BCUT2D eigenvalue weighted by Crippen LogP contribution is 2.28. The number of nitro benzene ring substituents is 1. The van der Waals surface area contributed by atoms with Crippen LogP contribution in [-0.2, 0) is 0 Å². The Balaban J connectivity index is 1.54. The Hall–Kier alpha value is -3.71. The third kappa shape index (κ3) is 3.75. The van der Waals surface area contributed by atoms with Gasteiger partial charge in [-0.3, -0.25) is 14.9 Å². The van der Waals surface area contributed by atoms with E-state index in [1.165, 1.54) is 12.1 Å². The Kier molecular flexibility index (Phi) is 4.97. The predicted octanol–water partition coefficient (Wildman–Crippen LogP) is 5.93. The molecule has 0 saturated heterocycles. The molecule has 3 aromatic carbocycles. The first kappa shape index (κ1) is 19.6. The molecular formula is C22H16ClN3O4. The summed E-state index contributed by atoms with van der Waals surface area (Å²) in [5.74, 6) is 0.0294. The molecule has 8 heteroatoms. The normalized spacial score (nSPS) is 10.9. The molecule has 0 unspecified atom stereocenters. The first-order chi connectivity index (χ1) is 14.3. The lowest BCUT2D eigenvalue weighted by Gasteiger charge is -2.07. The maximum Gasteiger partial charge on any atom is 0.270 e. The molecule has 150 valence electrons. The molecule has 0 spiro atoms. The largest absolute Gasteiger partial charge is 0.436 e. The average molecular weight is 422 g/mol. The monoisotopic (exact) mass is 421 g/mol. The molecule has 0 aliphatic heterocycles. The highest BCUT2D eigenvalue weighted by molar-refractivity contribution is 6.34. The fourth-order valence-electron chi connectivity index (χ4n) is 3.00. The summed E-state index contributed by atoms with van der Waals surface area (Å²) in [5, 5.41) is 13.5. The second-order valence-corrected chi connectivity index (χ2v) is 7.28. The van der Waals surface area contributed by atoms with E-state index in [0.29, 0.717) is 11.6 Å². The van der Waals surface area contributed by atoms with Crippen molar-refractivity contribution >= 4 is 40.0 Å². The fourth-order valence-corrected chi connectivity index (χ4v) is 3.26. The number of nitro groups is 1. The lowest BCUT2D eigenvalue weighted by atomic mass is 10.1. The molecule has 4 rings (SSSR count). The summed E-state index contributed by atoms with van der Waals surface area (Å²) in [6.07, 6.45) is 0. The van der Waals surface area contributed by atoms with Gasteiger partial charge in [0, 0.05) is 23.4 Å². The number of amides is 1. The zero-order valence-corrected chi connectivity index (χ0v) is 16.9. The third-order valence-corrected chi connectivity index (χ3v) is 5.11. The minimum atomic E-state index is -0.568. The number of fused-ring (bicyclic) bond motifs is 1. The highest BCUT2D eigenvalue weighted by atomic mass is 35.5.